The molecular formula is C13H20N4O3. The minimum Gasteiger partial charge on any atom is -0.479 e. The summed E-state index contributed by atoms with van der Waals surface area (Å²) in [6.45, 7) is 6.02. The fraction of sp³-hybridized carbons (Fsp3) is 0.692. The van der Waals surface area contributed by atoms with Crippen molar-refractivity contribution in [2.45, 2.75) is 50.7 Å². The van der Waals surface area contributed by atoms with Crippen LogP contribution in [0.4, 0.5) is 0 Å². The van der Waals surface area contributed by atoms with Crippen molar-refractivity contribution in [3.8, 4) is 0 Å². The number of tetrazole rings is 1. The average Bonchev–Trinajstić information content (AvgIpc) is 2.94. The van der Waals surface area contributed by atoms with E-state index in [2.05, 4.69) is 22.0 Å². The molecule has 0 aliphatic carbocycles. The molecule has 2 atom stereocenters. The van der Waals surface area contributed by atoms with Crippen LogP contribution in [0.3, 0.4) is 0 Å². The number of allylic oxidation sites excluding steroid dienone is 1. The van der Waals surface area contributed by atoms with Crippen molar-refractivity contribution in [3.05, 3.63) is 18.5 Å². The van der Waals surface area contributed by atoms with Crippen LogP contribution in [0.15, 0.2) is 12.7 Å². The first kappa shape index (κ1) is 14.6. The van der Waals surface area contributed by atoms with E-state index in [1.54, 1.807) is 6.08 Å². The lowest BCUT2D eigenvalue weighted by Gasteiger charge is -2.35. The maximum absolute atomic E-state index is 11.8. The highest BCUT2D eigenvalue weighted by atomic mass is 16.5. The van der Waals surface area contributed by atoms with Gasteiger partial charge < -0.3 is 9.84 Å². The molecule has 0 bridgehead atoms. The number of hydrogen-bond donors (Lipinski definition) is 1. The molecule has 1 aliphatic heterocycles. The number of hydrogen-bond acceptors (Lipinski definition) is 5. The van der Waals surface area contributed by atoms with Crippen LogP contribution >= 0.6 is 0 Å². The Morgan fingerprint density at radius 1 is 1.70 bits per heavy atom. The molecule has 0 saturated carbocycles. The van der Waals surface area contributed by atoms with Gasteiger partial charge in [-0.25, -0.2) is 4.79 Å². The third kappa shape index (κ3) is 2.72. The van der Waals surface area contributed by atoms with Crippen LogP contribution in [0.5, 0.6) is 0 Å². The molecule has 2 heterocycles. The van der Waals surface area contributed by atoms with Crippen molar-refractivity contribution >= 4 is 5.97 Å². The molecule has 2 unspecified atom stereocenters. The summed E-state index contributed by atoms with van der Waals surface area (Å²) in [6.07, 6.45) is 4.55. The molecule has 0 spiro atoms. The van der Waals surface area contributed by atoms with Crippen LogP contribution in [0.25, 0.3) is 0 Å². The van der Waals surface area contributed by atoms with E-state index in [1.165, 1.54) is 4.80 Å². The van der Waals surface area contributed by atoms with E-state index in [4.69, 9.17) is 4.74 Å². The SMILES string of the molecule is C=CCCc1nnn(C2(C(=O)O)CCOC(CC)C2)n1. The third-order valence-electron chi connectivity index (χ3n) is 3.70. The zero-order chi connectivity index (χ0) is 14.6. The lowest BCUT2D eigenvalue weighted by molar-refractivity contribution is -0.159. The number of aliphatic carboxylic acids is 1. The van der Waals surface area contributed by atoms with E-state index in [1.807, 2.05) is 6.92 Å². The van der Waals surface area contributed by atoms with Gasteiger partial charge >= 0.3 is 5.97 Å². The Kier molecular flexibility index (Phi) is 4.49. The number of carboxylic acids is 1. The average molecular weight is 280 g/mol. The van der Waals surface area contributed by atoms with Gasteiger partial charge in [0.1, 0.15) is 0 Å². The standard InChI is InChI=1S/C13H20N4O3/c1-3-5-6-11-14-16-17(15-11)13(12(18)19)7-8-20-10(4-2)9-13/h3,10H,1,4-9H2,2H3,(H,18,19). The molecule has 1 fully saturated rings. The zero-order valence-corrected chi connectivity index (χ0v) is 11.7. The Balaban J connectivity index is 2.25. The first-order chi connectivity index (χ1) is 9.62. The largest absolute Gasteiger partial charge is 0.479 e. The van der Waals surface area contributed by atoms with E-state index >= 15 is 0 Å². The van der Waals surface area contributed by atoms with E-state index in [9.17, 15) is 9.90 Å². The molecule has 1 aromatic rings. The molecule has 0 amide bonds. The van der Waals surface area contributed by atoms with Crippen molar-refractivity contribution in [1.29, 1.82) is 0 Å². The summed E-state index contributed by atoms with van der Waals surface area (Å²) in [4.78, 5) is 13.0. The normalized spacial score (nSPS) is 26.4. The minimum absolute atomic E-state index is 0.0810. The molecule has 0 radical (unpaired) electrons. The predicted molar refractivity (Wildman–Crippen MR) is 71.2 cm³/mol. The van der Waals surface area contributed by atoms with Crippen molar-refractivity contribution in [2.75, 3.05) is 6.61 Å². The molecule has 7 nitrogen and oxygen atoms in total. The highest BCUT2D eigenvalue weighted by Crippen LogP contribution is 2.32. The van der Waals surface area contributed by atoms with Gasteiger partial charge in [0.2, 0.25) is 0 Å². The molecular weight excluding hydrogens is 260 g/mol. The van der Waals surface area contributed by atoms with Crippen LogP contribution in [-0.2, 0) is 21.5 Å². The zero-order valence-electron chi connectivity index (χ0n) is 11.7. The van der Waals surface area contributed by atoms with E-state index in [0.717, 1.165) is 12.8 Å². The topological polar surface area (TPSA) is 90.1 Å². The molecule has 1 aliphatic rings. The van der Waals surface area contributed by atoms with Gasteiger partial charge in [-0.3, -0.25) is 0 Å². The molecule has 1 saturated heterocycles. The summed E-state index contributed by atoms with van der Waals surface area (Å²) in [5, 5.41) is 21.8. The van der Waals surface area contributed by atoms with Crippen molar-refractivity contribution in [1.82, 2.24) is 20.2 Å². The summed E-state index contributed by atoms with van der Waals surface area (Å²) in [6, 6.07) is 0. The van der Waals surface area contributed by atoms with Gasteiger partial charge in [-0.1, -0.05) is 13.0 Å². The number of rotatable bonds is 6. The van der Waals surface area contributed by atoms with E-state index < -0.39 is 11.5 Å². The highest BCUT2D eigenvalue weighted by Gasteiger charge is 2.47. The molecule has 0 aromatic carbocycles. The smallest absolute Gasteiger partial charge is 0.333 e. The Hall–Kier alpha value is -1.76. The van der Waals surface area contributed by atoms with Crippen molar-refractivity contribution in [2.24, 2.45) is 0 Å². The second-order valence-corrected chi connectivity index (χ2v) is 5.01. The number of aryl methyl sites for hydroxylation is 1. The summed E-state index contributed by atoms with van der Waals surface area (Å²) in [5.74, 6) is -0.378. The maximum atomic E-state index is 11.8. The Morgan fingerprint density at radius 2 is 2.50 bits per heavy atom. The van der Waals surface area contributed by atoms with Crippen molar-refractivity contribution < 1.29 is 14.6 Å². The lowest BCUT2D eigenvalue weighted by atomic mass is 9.86. The number of ether oxygens (including phenoxy) is 1. The fourth-order valence-corrected chi connectivity index (χ4v) is 2.41. The Morgan fingerprint density at radius 3 is 3.15 bits per heavy atom. The minimum atomic E-state index is -1.14. The van der Waals surface area contributed by atoms with Crippen LogP contribution in [-0.4, -0.2) is 44.0 Å². The number of nitrogens with zero attached hydrogens (tertiary/aromatic N) is 4. The van der Waals surface area contributed by atoms with E-state index in [0.29, 0.717) is 31.7 Å². The first-order valence-electron chi connectivity index (χ1n) is 6.87. The second-order valence-electron chi connectivity index (χ2n) is 5.01. The van der Waals surface area contributed by atoms with Crippen LogP contribution in [0, 0.1) is 0 Å². The molecule has 20 heavy (non-hydrogen) atoms. The van der Waals surface area contributed by atoms with Crippen LogP contribution in [0.2, 0.25) is 0 Å². The van der Waals surface area contributed by atoms with Crippen LogP contribution in [0.1, 0.15) is 38.4 Å². The first-order valence-corrected chi connectivity index (χ1v) is 6.87. The molecule has 110 valence electrons. The van der Waals surface area contributed by atoms with E-state index in [-0.39, 0.29) is 6.10 Å². The summed E-state index contributed by atoms with van der Waals surface area (Å²) >= 11 is 0. The highest BCUT2D eigenvalue weighted by molar-refractivity contribution is 5.76. The summed E-state index contributed by atoms with van der Waals surface area (Å²) in [7, 11) is 0. The van der Waals surface area contributed by atoms with Gasteiger partial charge in [-0.2, -0.15) is 0 Å². The number of aromatic nitrogens is 4. The molecule has 2 rings (SSSR count). The lowest BCUT2D eigenvalue weighted by Crippen LogP contribution is -2.50. The monoisotopic (exact) mass is 280 g/mol. The quantitative estimate of drug-likeness (QED) is 0.786. The predicted octanol–water partition coefficient (Wildman–Crippen LogP) is 1.16. The van der Waals surface area contributed by atoms with Gasteiger partial charge in [0.25, 0.3) is 0 Å². The third-order valence-corrected chi connectivity index (χ3v) is 3.70. The second kappa shape index (κ2) is 6.13. The number of carbonyl (C=O) groups is 1. The van der Waals surface area contributed by atoms with Gasteiger partial charge in [0.05, 0.1) is 6.10 Å². The molecule has 7 heteroatoms. The summed E-state index contributed by atoms with van der Waals surface area (Å²) < 4.78 is 5.56. The van der Waals surface area contributed by atoms with Gasteiger partial charge in [0.15, 0.2) is 11.4 Å². The van der Waals surface area contributed by atoms with Gasteiger partial charge in [-0.15, -0.1) is 21.6 Å². The molecule has 1 N–H and O–H groups in total. The van der Waals surface area contributed by atoms with Crippen molar-refractivity contribution in [3.63, 3.8) is 0 Å². The maximum Gasteiger partial charge on any atom is 0.333 e. The van der Waals surface area contributed by atoms with Gasteiger partial charge in [0, 0.05) is 25.9 Å². The fourth-order valence-electron chi connectivity index (χ4n) is 2.41. The Labute approximate surface area is 117 Å². The Bertz CT molecular complexity index is 488. The van der Waals surface area contributed by atoms with Crippen LogP contribution < -0.4 is 0 Å². The van der Waals surface area contributed by atoms with Gasteiger partial charge in [-0.05, 0) is 18.1 Å². The summed E-state index contributed by atoms with van der Waals surface area (Å²) in [5.41, 5.74) is -1.14. The number of carboxylic acid groups (broad SMARTS) is 1. The molecule has 1 aromatic heterocycles.